The number of imidazole rings is 2. The van der Waals surface area contributed by atoms with Gasteiger partial charge in [-0.2, -0.15) is 0 Å². The van der Waals surface area contributed by atoms with Gasteiger partial charge >= 0.3 is 5.69 Å². The number of rotatable bonds is 10. The Balaban J connectivity index is 1.50. The number of benzene rings is 1. The van der Waals surface area contributed by atoms with Crippen LogP contribution in [0.2, 0.25) is 0 Å². The number of hydrogen-bond donors (Lipinski definition) is 1. The van der Waals surface area contributed by atoms with Crippen LogP contribution in [0.5, 0.6) is 0 Å². The van der Waals surface area contributed by atoms with Crippen LogP contribution in [-0.2, 0) is 13.0 Å². The molecule has 10 nitrogen and oxygen atoms in total. The summed E-state index contributed by atoms with van der Waals surface area (Å²) < 4.78 is 5.56. The van der Waals surface area contributed by atoms with E-state index in [1.54, 1.807) is 17.0 Å². The van der Waals surface area contributed by atoms with E-state index in [9.17, 15) is 4.79 Å². The molecule has 10 heteroatoms. The lowest BCUT2D eigenvalue weighted by Gasteiger charge is -2.13. The van der Waals surface area contributed by atoms with Crippen LogP contribution >= 0.6 is 0 Å². The van der Waals surface area contributed by atoms with Gasteiger partial charge in [-0.1, -0.05) is 38.5 Å². The first-order valence-corrected chi connectivity index (χ1v) is 12.7. The van der Waals surface area contributed by atoms with Crippen molar-refractivity contribution < 1.29 is 0 Å². The second kappa shape index (κ2) is 10.7. The van der Waals surface area contributed by atoms with Gasteiger partial charge in [-0.3, -0.25) is 9.55 Å². The first kappa shape index (κ1) is 24.4. The molecule has 1 aromatic carbocycles. The summed E-state index contributed by atoms with van der Waals surface area (Å²) in [6, 6.07) is 12.2. The Morgan fingerprint density at radius 1 is 1.03 bits per heavy atom. The Bertz CT molecular complexity index is 1530. The van der Waals surface area contributed by atoms with Crippen LogP contribution in [0.25, 0.3) is 28.5 Å². The van der Waals surface area contributed by atoms with Crippen LogP contribution in [0.15, 0.2) is 66.0 Å². The predicted molar refractivity (Wildman–Crippen MR) is 141 cm³/mol. The Morgan fingerprint density at radius 2 is 1.86 bits per heavy atom. The fraction of sp³-hybridized carbons (Fsp3) is 0.333. The zero-order valence-electron chi connectivity index (χ0n) is 21.4. The van der Waals surface area contributed by atoms with E-state index in [1.165, 1.54) is 0 Å². The average Bonchev–Trinajstić information content (AvgIpc) is 3.69. The summed E-state index contributed by atoms with van der Waals surface area (Å²) in [7, 11) is 0. The molecule has 0 saturated heterocycles. The highest BCUT2D eigenvalue weighted by Crippen LogP contribution is 2.25. The number of aromatic nitrogens is 9. The number of nitrogens with one attached hydrogen (secondary N) is 1. The molecule has 0 aliphatic carbocycles. The lowest BCUT2D eigenvalue weighted by atomic mass is 10.0. The maximum atomic E-state index is 13.7. The molecule has 1 atom stereocenters. The first-order valence-electron chi connectivity index (χ1n) is 12.7. The molecular weight excluding hydrogens is 466 g/mol. The summed E-state index contributed by atoms with van der Waals surface area (Å²) in [5.74, 6) is 1.26. The van der Waals surface area contributed by atoms with Crippen molar-refractivity contribution in [3.05, 3.63) is 83.1 Å². The molecule has 0 aliphatic heterocycles. The molecule has 0 amide bonds. The molecule has 5 rings (SSSR count). The third-order valence-electron chi connectivity index (χ3n) is 6.73. The lowest BCUT2D eigenvalue weighted by Crippen LogP contribution is -2.27. The summed E-state index contributed by atoms with van der Waals surface area (Å²) in [6.45, 7) is 6.80. The maximum absolute atomic E-state index is 13.7. The molecule has 4 heterocycles. The second-order valence-electron chi connectivity index (χ2n) is 9.22. The molecule has 1 N–H and O–H groups in total. The van der Waals surface area contributed by atoms with E-state index in [1.807, 2.05) is 53.4 Å². The van der Waals surface area contributed by atoms with Gasteiger partial charge in [-0.25, -0.2) is 19.4 Å². The zero-order valence-corrected chi connectivity index (χ0v) is 21.4. The molecule has 0 fully saturated rings. The summed E-state index contributed by atoms with van der Waals surface area (Å²) in [5.41, 5.74) is 4.62. The third-order valence-corrected chi connectivity index (χ3v) is 6.73. The molecule has 190 valence electrons. The van der Waals surface area contributed by atoms with E-state index in [0.717, 1.165) is 53.8 Å². The number of pyridine rings is 1. The van der Waals surface area contributed by atoms with Gasteiger partial charge in [0.05, 0.1) is 12.2 Å². The molecular formula is C27H31N9O. The standard InChI is InChI=1S/C27H31N9O/c1-4-6-10-24-18-36(26-29-13-14-34(26)19(3)5-2)27(37)35(24)17-23-16-21(11-12-28-23)20-8-7-9-22(15-20)25-30-32-33-31-25/h7-9,11-16,18-19H,4-6,10,17H2,1-3H3,(H,30,31,32,33). The first-order chi connectivity index (χ1) is 18.1. The van der Waals surface area contributed by atoms with E-state index in [0.29, 0.717) is 18.3 Å². The second-order valence-corrected chi connectivity index (χ2v) is 9.22. The lowest BCUT2D eigenvalue weighted by molar-refractivity contribution is 0.517. The third kappa shape index (κ3) is 5.00. The summed E-state index contributed by atoms with van der Waals surface area (Å²) in [4.78, 5) is 22.8. The summed E-state index contributed by atoms with van der Waals surface area (Å²) in [6.07, 6.45) is 11.2. The van der Waals surface area contributed by atoms with Crippen LogP contribution in [0, 0.1) is 0 Å². The van der Waals surface area contributed by atoms with Gasteiger partial charge in [-0.15, -0.1) is 5.10 Å². The minimum atomic E-state index is -0.103. The fourth-order valence-corrected chi connectivity index (χ4v) is 4.46. The van der Waals surface area contributed by atoms with Crippen LogP contribution in [0.1, 0.15) is 57.5 Å². The monoisotopic (exact) mass is 497 g/mol. The van der Waals surface area contributed by atoms with Gasteiger partial charge in [0.2, 0.25) is 5.95 Å². The Hall–Kier alpha value is -4.34. The number of aryl methyl sites for hydroxylation is 1. The van der Waals surface area contributed by atoms with Crippen LogP contribution in [-0.4, -0.2) is 44.3 Å². The van der Waals surface area contributed by atoms with Crippen molar-refractivity contribution in [2.24, 2.45) is 0 Å². The normalized spacial score (nSPS) is 12.2. The Morgan fingerprint density at radius 3 is 2.65 bits per heavy atom. The molecule has 0 bridgehead atoms. The number of hydrogen-bond acceptors (Lipinski definition) is 6. The molecule has 37 heavy (non-hydrogen) atoms. The van der Waals surface area contributed by atoms with Gasteiger partial charge in [0.15, 0.2) is 5.82 Å². The van der Waals surface area contributed by atoms with Crippen molar-refractivity contribution in [3.63, 3.8) is 0 Å². The van der Waals surface area contributed by atoms with Crippen molar-refractivity contribution in [1.82, 2.24) is 44.3 Å². The highest BCUT2D eigenvalue weighted by atomic mass is 16.1. The van der Waals surface area contributed by atoms with Gasteiger partial charge in [0, 0.05) is 42.1 Å². The van der Waals surface area contributed by atoms with E-state index in [2.05, 4.69) is 55.9 Å². The van der Waals surface area contributed by atoms with E-state index >= 15 is 0 Å². The van der Waals surface area contributed by atoms with Gasteiger partial charge in [0.25, 0.3) is 0 Å². The number of nitrogens with zero attached hydrogens (tertiary/aromatic N) is 8. The van der Waals surface area contributed by atoms with Crippen LogP contribution in [0.3, 0.4) is 0 Å². The van der Waals surface area contributed by atoms with Gasteiger partial charge in [-0.05, 0) is 65.9 Å². The number of unbranched alkanes of at least 4 members (excludes halogenated alkanes) is 1. The van der Waals surface area contributed by atoms with Gasteiger partial charge in [0.1, 0.15) is 0 Å². The maximum Gasteiger partial charge on any atom is 0.335 e. The topological polar surface area (TPSA) is 112 Å². The van der Waals surface area contributed by atoms with Crippen LogP contribution in [0.4, 0.5) is 0 Å². The predicted octanol–water partition coefficient (Wildman–Crippen LogP) is 4.44. The molecule has 0 saturated carbocycles. The van der Waals surface area contributed by atoms with E-state index in [4.69, 9.17) is 0 Å². The Labute approximate surface area is 215 Å². The Kier molecular flexibility index (Phi) is 7.07. The largest absolute Gasteiger partial charge is 0.335 e. The molecule has 5 aromatic rings. The molecule has 1 unspecified atom stereocenters. The van der Waals surface area contributed by atoms with Crippen molar-refractivity contribution in [3.8, 4) is 28.5 Å². The summed E-state index contributed by atoms with van der Waals surface area (Å²) in [5, 5.41) is 14.1. The number of aromatic amines is 1. The van der Waals surface area contributed by atoms with E-state index < -0.39 is 0 Å². The van der Waals surface area contributed by atoms with Gasteiger partial charge < -0.3 is 4.57 Å². The summed E-state index contributed by atoms with van der Waals surface area (Å²) >= 11 is 0. The fourth-order valence-electron chi connectivity index (χ4n) is 4.46. The SMILES string of the molecule is CCCCc1cn(-c2nccn2C(C)CC)c(=O)n1Cc1cc(-c2cccc(-c3nnn[nH]3)c2)ccn1. The van der Waals surface area contributed by atoms with Crippen molar-refractivity contribution in [1.29, 1.82) is 0 Å². The van der Waals surface area contributed by atoms with Crippen molar-refractivity contribution in [2.45, 2.75) is 59.0 Å². The van der Waals surface area contributed by atoms with E-state index in [-0.39, 0.29) is 11.7 Å². The van der Waals surface area contributed by atoms with Crippen molar-refractivity contribution >= 4 is 0 Å². The number of H-pyrrole nitrogens is 1. The zero-order chi connectivity index (χ0) is 25.8. The molecule has 0 aliphatic rings. The minimum Gasteiger partial charge on any atom is -0.314 e. The highest BCUT2D eigenvalue weighted by molar-refractivity contribution is 5.70. The molecule has 0 radical (unpaired) electrons. The molecule has 4 aromatic heterocycles. The smallest absolute Gasteiger partial charge is 0.314 e. The molecule has 0 spiro atoms. The minimum absolute atomic E-state index is 0.103. The van der Waals surface area contributed by atoms with Crippen molar-refractivity contribution in [2.75, 3.05) is 0 Å². The number of tetrazole rings is 1. The van der Waals surface area contributed by atoms with Crippen LogP contribution < -0.4 is 5.69 Å². The average molecular weight is 498 g/mol. The highest BCUT2D eigenvalue weighted by Gasteiger charge is 2.18. The quantitative estimate of drug-likeness (QED) is 0.305.